The van der Waals surface area contributed by atoms with Gasteiger partial charge in [-0.3, -0.25) is 4.72 Å². The Morgan fingerprint density at radius 2 is 2.13 bits per heavy atom. The lowest BCUT2D eigenvalue weighted by molar-refractivity contribution is 0.579. The lowest BCUT2D eigenvalue weighted by atomic mass is 9.93. The zero-order valence-electron chi connectivity index (χ0n) is 9.04. The van der Waals surface area contributed by atoms with Crippen molar-refractivity contribution in [2.24, 2.45) is 0 Å². The number of nitrogens with one attached hydrogen (secondary N) is 1. The minimum atomic E-state index is -3.02. The molecule has 1 N–H and O–H groups in total. The van der Waals surface area contributed by atoms with Gasteiger partial charge >= 0.3 is 0 Å². The van der Waals surface area contributed by atoms with Crippen molar-refractivity contribution in [2.75, 3.05) is 5.75 Å². The lowest BCUT2D eigenvalue weighted by Gasteiger charge is -2.25. The fourth-order valence-corrected chi connectivity index (χ4v) is 3.39. The van der Waals surface area contributed by atoms with Crippen LogP contribution < -0.4 is 4.72 Å². The molecule has 0 aromatic carbocycles. The number of hydrogen-bond donors (Lipinski definition) is 1. The smallest absolute Gasteiger partial charge is 0.232 e. The van der Waals surface area contributed by atoms with E-state index >= 15 is 0 Å². The first kappa shape index (κ1) is 10.7. The molecule has 0 aromatic rings. The third kappa shape index (κ3) is 2.43. The summed E-state index contributed by atoms with van der Waals surface area (Å²) >= 11 is 0. The Morgan fingerprint density at radius 3 is 2.87 bits per heavy atom. The summed E-state index contributed by atoms with van der Waals surface area (Å²) in [4.78, 5) is 0. The van der Waals surface area contributed by atoms with Crippen LogP contribution in [0.5, 0.6) is 0 Å². The van der Waals surface area contributed by atoms with Gasteiger partial charge in [0.2, 0.25) is 10.0 Å². The standard InChI is InChI=1S/C11H17NO2S/c1-2-3-9-4-5-11-10(8-9)6-7-15(13,14)12-11/h8,12H,2-7H2,1H3. The molecule has 0 atom stereocenters. The molecule has 0 radical (unpaired) electrons. The minimum absolute atomic E-state index is 0.238. The van der Waals surface area contributed by atoms with Gasteiger partial charge in [0.15, 0.2) is 0 Å². The SMILES string of the molecule is CCCC1=CC2=C(CC1)NS(=O)(=O)CC2. The monoisotopic (exact) mass is 227 g/mol. The van der Waals surface area contributed by atoms with Crippen LogP contribution in [0.2, 0.25) is 0 Å². The summed E-state index contributed by atoms with van der Waals surface area (Å²) in [6.07, 6.45) is 7.06. The second kappa shape index (κ2) is 4.00. The Morgan fingerprint density at radius 1 is 1.33 bits per heavy atom. The van der Waals surface area contributed by atoms with Gasteiger partial charge in [-0.1, -0.05) is 25.0 Å². The molecule has 2 rings (SSSR count). The average molecular weight is 227 g/mol. The fraction of sp³-hybridized carbons (Fsp3) is 0.636. The summed E-state index contributed by atoms with van der Waals surface area (Å²) in [5.74, 6) is 0.238. The van der Waals surface area contributed by atoms with Crippen molar-refractivity contribution < 1.29 is 8.42 Å². The van der Waals surface area contributed by atoms with Gasteiger partial charge in [-0.15, -0.1) is 0 Å². The number of sulfonamides is 1. The number of hydrogen-bond acceptors (Lipinski definition) is 2. The van der Waals surface area contributed by atoms with Crippen LogP contribution in [0.25, 0.3) is 0 Å². The van der Waals surface area contributed by atoms with E-state index in [4.69, 9.17) is 0 Å². The molecule has 0 amide bonds. The molecule has 0 bridgehead atoms. The van der Waals surface area contributed by atoms with Gasteiger partial charge in [0, 0.05) is 5.70 Å². The average Bonchev–Trinajstić information content (AvgIpc) is 2.18. The number of rotatable bonds is 2. The Balaban J connectivity index is 2.21. The van der Waals surface area contributed by atoms with Crippen molar-refractivity contribution in [3.8, 4) is 0 Å². The van der Waals surface area contributed by atoms with E-state index in [0.29, 0.717) is 6.42 Å². The fourth-order valence-electron chi connectivity index (χ4n) is 2.19. The van der Waals surface area contributed by atoms with E-state index in [1.807, 2.05) is 0 Å². The molecule has 15 heavy (non-hydrogen) atoms. The highest BCUT2D eigenvalue weighted by atomic mass is 32.2. The van der Waals surface area contributed by atoms with Crippen LogP contribution in [0.4, 0.5) is 0 Å². The summed E-state index contributed by atoms with van der Waals surface area (Å²) in [6, 6.07) is 0. The third-order valence-corrected chi connectivity index (χ3v) is 4.25. The molecule has 0 fully saturated rings. The maximum atomic E-state index is 11.3. The van der Waals surface area contributed by atoms with Gasteiger partial charge < -0.3 is 0 Å². The van der Waals surface area contributed by atoms with Gasteiger partial charge in [-0.25, -0.2) is 8.42 Å². The molecule has 0 spiro atoms. The molecule has 2 aliphatic rings. The minimum Gasteiger partial charge on any atom is -0.287 e. The Labute approximate surface area is 91.3 Å². The van der Waals surface area contributed by atoms with Crippen molar-refractivity contribution >= 4 is 10.0 Å². The largest absolute Gasteiger partial charge is 0.287 e. The van der Waals surface area contributed by atoms with Crippen LogP contribution in [0, 0.1) is 0 Å². The quantitative estimate of drug-likeness (QED) is 0.785. The molecule has 1 aliphatic carbocycles. The predicted molar refractivity (Wildman–Crippen MR) is 60.8 cm³/mol. The second-order valence-corrected chi connectivity index (χ2v) is 6.07. The maximum absolute atomic E-state index is 11.3. The predicted octanol–water partition coefficient (Wildman–Crippen LogP) is 2.08. The maximum Gasteiger partial charge on any atom is 0.232 e. The summed E-state index contributed by atoms with van der Waals surface area (Å²) in [6.45, 7) is 2.17. The second-order valence-electron chi connectivity index (χ2n) is 4.23. The molecule has 0 aromatic heterocycles. The summed E-state index contributed by atoms with van der Waals surface area (Å²) < 4.78 is 25.4. The molecule has 1 aliphatic heterocycles. The zero-order valence-corrected chi connectivity index (χ0v) is 9.86. The van der Waals surface area contributed by atoms with E-state index in [1.54, 1.807) is 0 Å². The van der Waals surface area contributed by atoms with Crippen LogP contribution in [-0.2, 0) is 10.0 Å². The topological polar surface area (TPSA) is 46.2 Å². The van der Waals surface area contributed by atoms with E-state index in [1.165, 1.54) is 17.6 Å². The van der Waals surface area contributed by atoms with Gasteiger partial charge in [0.05, 0.1) is 5.75 Å². The summed E-state index contributed by atoms with van der Waals surface area (Å²) in [7, 11) is -3.02. The first-order valence-electron chi connectivity index (χ1n) is 5.52. The highest BCUT2D eigenvalue weighted by Gasteiger charge is 2.23. The van der Waals surface area contributed by atoms with E-state index in [2.05, 4.69) is 17.7 Å². The van der Waals surface area contributed by atoms with E-state index in [-0.39, 0.29) is 5.75 Å². The Bertz CT molecular complexity index is 418. The Hall–Kier alpha value is -0.770. The van der Waals surface area contributed by atoms with Crippen molar-refractivity contribution in [1.82, 2.24) is 4.72 Å². The van der Waals surface area contributed by atoms with Gasteiger partial charge in [0.25, 0.3) is 0 Å². The summed E-state index contributed by atoms with van der Waals surface area (Å²) in [5.41, 5.74) is 3.61. The molecule has 1 heterocycles. The van der Waals surface area contributed by atoms with E-state index in [9.17, 15) is 8.42 Å². The van der Waals surface area contributed by atoms with Gasteiger partial charge in [-0.2, -0.15) is 0 Å². The van der Waals surface area contributed by atoms with Gasteiger partial charge in [-0.05, 0) is 31.3 Å². The molecule has 3 nitrogen and oxygen atoms in total. The first-order valence-corrected chi connectivity index (χ1v) is 7.18. The van der Waals surface area contributed by atoms with E-state index in [0.717, 1.165) is 25.0 Å². The van der Waals surface area contributed by atoms with Crippen molar-refractivity contribution in [3.63, 3.8) is 0 Å². The third-order valence-electron chi connectivity index (χ3n) is 2.95. The molecule has 4 heteroatoms. The summed E-state index contributed by atoms with van der Waals surface area (Å²) in [5, 5.41) is 0. The van der Waals surface area contributed by atoms with Crippen LogP contribution in [0.1, 0.15) is 39.0 Å². The van der Waals surface area contributed by atoms with Crippen molar-refractivity contribution in [2.45, 2.75) is 39.0 Å². The Kier molecular flexibility index (Phi) is 2.87. The van der Waals surface area contributed by atoms with E-state index < -0.39 is 10.0 Å². The van der Waals surface area contributed by atoms with Crippen LogP contribution >= 0.6 is 0 Å². The first-order chi connectivity index (χ1) is 7.11. The van der Waals surface area contributed by atoms with Crippen molar-refractivity contribution in [1.29, 1.82) is 0 Å². The molecule has 0 saturated carbocycles. The highest BCUT2D eigenvalue weighted by Crippen LogP contribution is 2.29. The van der Waals surface area contributed by atoms with Crippen LogP contribution in [0.3, 0.4) is 0 Å². The van der Waals surface area contributed by atoms with Crippen LogP contribution in [0.15, 0.2) is 22.9 Å². The molecule has 84 valence electrons. The highest BCUT2D eigenvalue weighted by molar-refractivity contribution is 7.89. The lowest BCUT2D eigenvalue weighted by Crippen LogP contribution is -2.32. The number of allylic oxidation sites excluding steroid dienone is 4. The van der Waals surface area contributed by atoms with Crippen LogP contribution in [-0.4, -0.2) is 14.2 Å². The normalized spacial score (nSPS) is 24.2. The molecule has 0 saturated heterocycles. The van der Waals surface area contributed by atoms with Gasteiger partial charge in [0.1, 0.15) is 0 Å². The molecule has 0 unspecified atom stereocenters. The molecular formula is C11H17NO2S. The zero-order chi connectivity index (χ0) is 10.9. The van der Waals surface area contributed by atoms with Crippen molar-refractivity contribution in [3.05, 3.63) is 22.9 Å². The molecular weight excluding hydrogens is 210 g/mol.